The van der Waals surface area contributed by atoms with Gasteiger partial charge < -0.3 is 14.8 Å². The van der Waals surface area contributed by atoms with Gasteiger partial charge in [0.05, 0.1) is 18.1 Å². The summed E-state index contributed by atoms with van der Waals surface area (Å²) in [7, 11) is 0. The van der Waals surface area contributed by atoms with Crippen LogP contribution in [0.1, 0.15) is 29.2 Å². The number of ether oxygens (including phenoxy) is 2. The third-order valence-electron chi connectivity index (χ3n) is 6.49. The monoisotopic (exact) mass is 489 g/mol. The predicted molar refractivity (Wildman–Crippen MR) is 138 cm³/mol. The summed E-state index contributed by atoms with van der Waals surface area (Å²) in [4.78, 5) is 13.9. The van der Waals surface area contributed by atoms with Crippen molar-refractivity contribution in [3.05, 3.63) is 98.8 Å². The minimum Gasteiger partial charge on any atom is -0.488 e. The molecule has 5 rings (SSSR count). The van der Waals surface area contributed by atoms with Crippen molar-refractivity contribution >= 4 is 23.0 Å². The van der Waals surface area contributed by atoms with Gasteiger partial charge in [0.25, 0.3) is 5.69 Å². The van der Waals surface area contributed by atoms with E-state index in [-0.39, 0.29) is 22.5 Å². The number of hydrogen-bond donors (Lipinski definition) is 1. The Bertz CT molecular complexity index is 1300. The Kier molecular flexibility index (Phi) is 6.97. The molecule has 3 aromatic rings. The maximum Gasteiger partial charge on any atom is 0.292 e. The molecule has 1 N–H and O–H groups in total. The number of nitro benzene ring substituents is 1. The number of hydrogen-bond acceptors (Lipinski definition) is 6. The molecule has 3 aromatic carbocycles. The number of halogens is 1. The molecule has 0 radical (unpaired) electrons. The molecular weight excluding hydrogens is 461 g/mol. The molecule has 186 valence electrons. The summed E-state index contributed by atoms with van der Waals surface area (Å²) in [6, 6.07) is 17.5. The summed E-state index contributed by atoms with van der Waals surface area (Å²) in [5.41, 5.74) is 4.65. The number of anilines is 1. The zero-order valence-electron chi connectivity index (χ0n) is 20.1. The summed E-state index contributed by atoms with van der Waals surface area (Å²) in [6.45, 7) is 6.24. The second kappa shape index (κ2) is 10.5. The van der Waals surface area contributed by atoms with Crippen LogP contribution in [0.4, 0.5) is 15.8 Å². The number of nitrogens with one attached hydrogen (secondary N) is 1. The Morgan fingerprint density at radius 2 is 1.92 bits per heavy atom. The number of benzene rings is 3. The van der Waals surface area contributed by atoms with Crippen molar-refractivity contribution in [3.63, 3.8) is 0 Å². The number of nitrogens with zero attached hydrogens (tertiary/aromatic N) is 2. The first-order valence-corrected chi connectivity index (χ1v) is 12.1. The van der Waals surface area contributed by atoms with E-state index in [0.717, 1.165) is 41.9 Å². The van der Waals surface area contributed by atoms with Crippen LogP contribution in [0.15, 0.2) is 60.7 Å². The highest BCUT2D eigenvalue weighted by molar-refractivity contribution is 5.95. The number of rotatable bonds is 6. The molecule has 36 heavy (non-hydrogen) atoms. The first-order chi connectivity index (χ1) is 17.5. The molecule has 1 atom stereocenters. The summed E-state index contributed by atoms with van der Waals surface area (Å²) in [5, 5.41) is 15.3. The van der Waals surface area contributed by atoms with Crippen molar-refractivity contribution in [3.8, 4) is 5.75 Å². The van der Waals surface area contributed by atoms with Crippen LogP contribution in [0.3, 0.4) is 0 Å². The standard InChI is InChI=1S/C28H28FN3O4/c1-19(17-31-10-12-35-13-11-31)30-26-9-6-20(15-27(26)32(33)34)14-25-23-5-3-2-4-21(23)18-36-28-16-22(29)7-8-24(25)28/h2-9,14-16,19,30H,10-13,17-18H2,1H3/b25-14+/t19-/m1/s1. The third kappa shape index (κ3) is 5.24. The van der Waals surface area contributed by atoms with Crippen molar-refractivity contribution in [2.45, 2.75) is 19.6 Å². The largest absolute Gasteiger partial charge is 0.488 e. The molecule has 2 aliphatic rings. The second-order valence-electron chi connectivity index (χ2n) is 9.14. The Hall–Kier alpha value is -3.75. The normalized spacial score (nSPS) is 17.4. The maximum atomic E-state index is 14.0. The summed E-state index contributed by atoms with van der Waals surface area (Å²) in [6.07, 6.45) is 1.90. The van der Waals surface area contributed by atoms with Gasteiger partial charge in [-0.05, 0) is 53.5 Å². The molecule has 1 fully saturated rings. The fourth-order valence-electron chi connectivity index (χ4n) is 4.76. The maximum absolute atomic E-state index is 14.0. The summed E-state index contributed by atoms with van der Waals surface area (Å²) in [5.74, 6) is 0.0681. The van der Waals surface area contributed by atoms with E-state index in [1.807, 2.05) is 43.3 Å². The smallest absolute Gasteiger partial charge is 0.292 e. The molecule has 0 unspecified atom stereocenters. The fourth-order valence-corrected chi connectivity index (χ4v) is 4.76. The molecular formula is C28H28FN3O4. The quantitative estimate of drug-likeness (QED) is 0.372. The number of morpholine rings is 1. The highest BCUT2D eigenvalue weighted by atomic mass is 19.1. The van der Waals surface area contributed by atoms with Crippen molar-refractivity contribution in [2.24, 2.45) is 0 Å². The second-order valence-corrected chi connectivity index (χ2v) is 9.14. The highest BCUT2D eigenvalue weighted by Gasteiger charge is 2.22. The van der Waals surface area contributed by atoms with Crippen LogP contribution in [0.2, 0.25) is 0 Å². The van der Waals surface area contributed by atoms with E-state index in [9.17, 15) is 14.5 Å². The Morgan fingerprint density at radius 1 is 1.11 bits per heavy atom. The zero-order valence-corrected chi connectivity index (χ0v) is 20.1. The molecule has 0 amide bonds. The van der Waals surface area contributed by atoms with Crippen LogP contribution >= 0.6 is 0 Å². The van der Waals surface area contributed by atoms with E-state index in [1.54, 1.807) is 18.2 Å². The first kappa shape index (κ1) is 24.0. The molecule has 0 aliphatic carbocycles. The average Bonchev–Trinajstić information content (AvgIpc) is 3.02. The minimum absolute atomic E-state index is 0.00987. The molecule has 0 bridgehead atoms. The number of fused-ring (bicyclic) bond motifs is 2. The van der Waals surface area contributed by atoms with Crippen molar-refractivity contribution < 1.29 is 18.8 Å². The van der Waals surface area contributed by atoms with E-state index in [1.165, 1.54) is 12.1 Å². The highest BCUT2D eigenvalue weighted by Crippen LogP contribution is 2.39. The van der Waals surface area contributed by atoms with Gasteiger partial charge >= 0.3 is 0 Å². The van der Waals surface area contributed by atoms with Gasteiger partial charge in [-0.1, -0.05) is 30.3 Å². The van der Waals surface area contributed by atoms with Gasteiger partial charge in [0.15, 0.2) is 0 Å². The topological polar surface area (TPSA) is 76.9 Å². The van der Waals surface area contributed by atoms with Gasteiger partial charge in [0.2, 0.25) is 0 Å². The Balaban J connectivity index is 1.49. The lowest BCUT2D eigenvalue weighted by molar-refractivity contribution is -0.384. The zero-order chi connectivity index (χ0) is 25.1. The first-order valence-electron chi connectivity index (χ1n) is 12.1. The van der Waals surface area contributed by atoms with Gasteiger partial charge in [0, 0.05) is 43.4 Å². The van der Waals surface area contributed by atoms with Crippen molar-refractivity contribution in [1.82, 2.24) is 4.90 Å². The van der Waals surface area contributed by atoms with Gasteiger partial charge in [-0.25, -0.2) is 4.39 Å². The van der Waals surface area contributed by atoms with Crippen LogP contribution in [0.5, 0.6) is 5.75 Å². The minimum atomic E-state index is -0.378. The van der Waals surface area contributed by atoms with E-state index in [2.05, 4.69) is 10.2 Å². The average molecular weight is 490 g/mol. The molecule has 8 heteroatoms. The van der Waals surface area contributed by atoms with Gasteiger partial charge in [-0.15, -0.1) is 0 Å². The summed E-state index contributed by atoms with van der Waals surface area (Å²) < 4.78 is 25.3. The predicted octanol–water partition coefficient (Wildman–Crippen LogP) is 5.35. The SMILES string of the molecule is C[C@H](CN1CCOCC1)Nc1ccc(/C=C2\c3ccccc3COc3cc(F)ccc32)cc1[N+](=O)[O-]. The number of nitro groups is 1. The summed E-state index contributed by atoms with van der Waals surface area (Å²) >= 11 is 0. The van der Waals surface area contributed by atoms with E-state index >= 15 is 0 Å². The van der Waals surface area contributed by atoms with Crippen LogP contribution in [-0.2, 0) is 11.3 Å². The third-order valence-corrected chi connectivity index (χ3v) is 6.49. The molecule has 1 saturated heterocycles. The Morgan fingerprint density at radius 3 is 2.72 bits per heavy atom. The lowest BCUT2D eigenvalue weighted by Crippen LogP contribution is -2.42. The van der Waals surface area contributed by atoms with Crippen LogP contribution < -0.4 is 10.1 Å². The molecule has 2 heterocycles. The van der Waals surface area contributed by atoms with E-state index in [0.29, 0.717) is 36.8 Å². The van der Waals surface area contributed by atoms with Crippen molar-refractivity contribution in [1.29, 1.82) is 0 Å². The van der Waals surface area contributed by atoms with Gasteiger partial charge in [-0.3, -0.25) is 15.0 Å². The molecule has 0 saturated carbocycles. The molecule has 0 aromatic heterocycles. The lowest BCUT2D eigenvalue weighted by atomic mass is 9.92. The molecule has 2 aliphatic heterocycles. The van der Waals surface area contributed by atoms with Crippen LogP contribution in [-0.4, -0.2) is 48.7 Å². The van der Waals surface area contributed by atoms with Gasteiger partial charge in [-0.2, -0.15) is 0 Å². The van der Waals surface area contributed by atoms with Gasteiger partial charge in [0.1, 0.15) is 23.9 Å². The van der Waals surface area contributed by atoms with E-state index in [4.69, 9.17) is 9.47 Å². The van der Waals surface area contributed by atoms with E-state index < -0.39 is 0 Å². The van der Waals surface area contributed by atoms with Crippen LogP contribution in [0, 0.1) is 15.9 Å². The van der Waals surface area contributed by atoms with Crippen molar-refractivity contribution in [2.75, 3.05) is 38.2 Å². The Labute approximate surface area is 209 Å². The fraction of sp³-hybridized carbons (Fsp3) is 0.286. The lowest BCUT2D eigenvalue weighted by Gasteiger charge is -2.29. The molecule has 7 nitrogen and oxygen atoms in total. The van der Waals surface area contributed by atoms with Crippen LogP contribution in [0.25, 0.3) is 11.6 Å². The molecule has 0 spiro atoms.